The van der Waals surface area contributed by atoms with Gasteiger partial charge in [-0.3, -0.25) is 19.8 Å². The summed E-state index contributed by atoms with van der Waals surface area (Å²) in [7, 11) is 0. The summed E-state index contributed by atoms with van der Waals surface area (Å²) < 4.78 is 5.46. The fraction of sp³-hybridized carbons (Fsp3) is 0.381. The Bertz CT molecular complexity index is 910. The molecule has 1 atom stereocenters. The molecule has 8 nitrogen and oxygen atoms in total. The third-order valence-corrected chi connectivity index (χ3v) is 5.11. The van der Waals surface area contributed by atoms with E-state index >= 15 is 0 Å². The number of nitro groups is 1. The number of aryl methyl sites for hydroxylation is 2. The van der Waals surface area contributed by atoms with E-state index in [1.807, 2.05) is 25.1 Å². The Hall–Kier alpha value is -2.97. The van der Waals surface area contributed by atoms with Gasteiger partial charge in [-0.15, -0.1) is 0 Å². The topological polar surface area (TPSA) is 111 Å². The molecule has 8 heteroatoms. The number of morpholine rings is 1. The number of hydrogen-bond donors (Lipinski definition) is 2. The number of carbonyl (C=O) groups is 1. The number of carbonyl (C=O) groups excluding carboxylic acids is 1. The smallest absolute Gasteiger partial charge is 0.293 e. The van der Waals surface area contributed by atoms with E-state index in [0.29, 0.717) is 25.3 Å². The van der Waals surface area contributed by atoms with Gasteiger partial charge >= 0.3 is 0 Å². The molecule has 3 rings (SSSR count). The lowest BCUT2D eigenvalue weighted by molar-refractivity contribution is -0.384. The molecule has 0 aliphatic carbocycles. The van der Waals surface area contributed by atoms with Crippen molar-refractivity contribution in [2.45, 2.75) is 19.9 Å². The Morgan fingerprint density at radius 2 is 1.97 bits per heavy atom. The largest absolute Gasteiger partial charge is 0.393 e. The number of nitrogens with two attached hydrogens (primary N) is 1. The van der Waals surface area contributed by atoms with Crippen LogP contribution in [0.4, 0.5) is 11.4 Å². The fourth-order valence-corrected chi connectivity index (χ4v) is 3.63. The SMILES string of the molecule is Cc1cccc(C(CNC(=O)c2cc(C)cc([N+](=O)[O-])c2N)N2CCOCC2)c1. The van der Waals surface area contributed by atoms with Crippen LogP contribution in [0, 0.1) is 24.0 Å². The summed E-state index contributed by atoms with van der Waals surface area (Å²) >= 11 is 0. The maximum Gasteiger partial charge on any atom is 0.293 e. The van der Waals surface area contributed by atoms with Crippen molar-refractivity contribution >= 4 is 17.3 Å². The second-order valence-corrected chi connectivity index (χ2v) is 7.29. The van der Waals surface area contributed by atoms with Crippen LogP contribution in [0.15, 0.2) is 36.4 Å². The molecule has 154 valence electrons. The van der Waals surface area contributed by atoms with Gasteiger partial charge in [-0.1, -0.05) is 29.8 Å². The molecule has 1 unspecified atom stereocenters. The number of nitrogen functional groups attached to an aromatic ring is 1. The number of nitrogens with one attached hydrogen (secondary N) is 1. The number of benzene rings is 2. The Balaban J connectivity index is 1.82. The molecule has 1 saturated heterocycles. The van der Waals surface area contributed by atoms with E-state index in [0.717, 1.165) is 24.2 Å². The van der Waals surface area contributed by atoms with E-state index in [9.17, 15) is 14.9 Å². The molecule has 3 N–H and O–H groups in total. The van der Waals surface area contributed by atoms with Crippen LogP contribution < -0.4 is 11.1 Å². The van der Waals surface area contributed by atoms with Crippen molar-refractivity contribution in [1.82, 2.24) is 10.2 Å². The minimum absolute atomic E-state index is 0.0243. The molecule has 0 radical (unpaired) electrons. The van der Waals surface area contributed by atoms with Gasteiger partial charge in [-0.05, 0) is 31.0 Å². The molecule has 1 aliphatic rings. The number of amides is 1. The highest BCUT2D eigenvalue weighted by molar-refractivity contribution is 6.01. The number of hydrogen-bond acceptors (Lipinski definition) is 6. The van der Waals surface area contributed by atoms with Gasteiger partial charge in [0, 0.05) is 25.7 Å². The summed E-state index contributed by atoms with van der Waals surface area (Å²) in [5.41, 5.74) is 8.53. The van der Waals surface area contributed by atoms with Crippen LogP contribution in [0.5, 0.6) is 0 Å². The highest BCUT2D eigenvalue weighted by atomic mass is 16.6. The second kappa shape index (κ2) is 9.02. The van der Waals surface area contributed by atoms with Crippen LogP contribution in [0.3, 0.4) is 0 Å². The Kier molecular flexibility index (Phi) is 6.46. The first-order valence-electron chi connectivity index (χ1n) is 9.58. The van der Waals surface area contributed by atoms with Crippen LogP contribution in [-0.2, 0) is 4.74 Å². The summed E-state index contributed by atoms with van der Waals surface area (Å²) in [6.45, 7) is 6.93. The minimum atomic E-state index is -0.567. The Labute approximate surface area is 169 Å². The van der Waals surface area contributed by atoms with Crippen LogP contribution in [0.1, 0.15) is 33.1 Å². The first-order chi connectivity index (χ1) is 13.9. The first kappa shape index (κ1) is 20.8. The average molecular weight is 398 g/mol. The van der Waals surface area contributed by atoms with Gasteiger partial charge in [0.2, 0.25) is 0 Å². The van der Waals surface area contributed by atoms with Crippen LogP contribution in [0.2, 0.25) is 0 Å². The molecule has 1 amide bonds. The second-order valence-electron chi connectivity index (χ2n) is 7.29. The third-order valence-electron chi connectivity index (χ3n) is 5.11. The van der Waals surface area contributed by atoms with Crippen molar-refractivity contribution in [3.8, 4) is 0 Å². The first-order valence-corrected chi connectivity index (χ1v) is 9.58. The zero-order chi connectivity index (χ0) is 21.0. The van der Waals surface area contributed by atoms with Crippen molar-refractivity contribution in [2.24, 2.45) is 0 Å². The number of rotatable bonds is 6. The monoisotopic (exact) mass is 398 g/mol. The van der Waals surface area contributed by atoms with E-state index in [-0.39, 0.29) is 23.0 Å². The van der Waals surface area contributed by atoms with Crippen molar-refractivity contribution < 1.29 is 14.5 Å². The van der Waals surface area contributed by atoms with Gasteiger partial charge in [0.1, 0.15) is 5.69 Å². The quantitative estimate of drug-likeness (QED) is 0.440. The predicted molar refractivity (Wildman–Crippen MR) is 111 cm³/mol. The van der Waals surface area contributed by atoms with E-state index in [2.05, 4.69) is 16.3 Å². The van der Waals surface area contributed by atoms with Crippen LogP contribution in [-0.4, -0.2) is 48.6 Å². The number of nitrogens with zero attached hydrogens (tertiary/aromatic N) is 2. The molecule has 1 aliphatic heterocycles. The van der Waals surface area contributed by atoms with Gasteiger partial charge in [0.15, 0.2) is 0 Å². The van der Waals surface area contributed by atoms with Crippen molar-refractivity contribution in [3.63, 3.8) is 0 Å². The van der Waals surface area contributed by atoms with Gasteiger partial charge in [0.25, 0.3) is 11.6 Å². The molecule has 0 saturated carbocycles. The Morgan fingerprint density at radius 1 is 1.24 bits per heavy atom. The maximum absolute atomic E-state index is 12.8. The van der Waals surface area contributed by atoms with Gasteiger partial charge in [-0.25, -0.2) is 0 Å². The lowest BCUT2D eigenvalue weighted by atomic mass is 10.0. The van der Waals surface area contributed by atoms with E-state index in [1.54, 1.807) is 13.0 Å². The number of anilines is 1. The zero-order valence-electron chi connectivity index (χ0n) is 16.7. The van der Waals surface area contributed by atoms with E-state index < -0.39 is 10.8 Å². The molecular weight excluding hydrogens is 372 g/mol. The van der Waals surface area contributed by atoms with Gasteiger partial charge in [0.05, 0.1) is 29.7 Å². The zero-order valence-corrected chi connectivity index (χ0v) is 16.7. The fourth-order valence-electron chi connectivity index (χ4n) is 3.63. The van der Waals surface area contributed by atoms with Crippen LogP contribution >= 0.6 is 0 Å². The van der Waals surface area contributed by atoms with E-state index in [1.165, 1.54) is 6.07 Å². The molecule has 29 heavy (non-hydrogen) atoms. The molecule has 2 aromatic carbocycles. The lowest BCUT2D eigenvalue weighted by Crippen LogP contribution is -2.44. The highest BCUT2D eigenvalue weighted by Crippen LogP contribution is 2.27. The lowest BCUT2D eigenvalue weighted by Gasteiger charge is -2.35. The average Bonchev–Trinajstić information content (AvgIpc) is 2.70. The number of nitro benzene ring substituents is 1. The van der Waals surface area contributed by atoms with Gasteiger partial charge < -0.3 is 15.8 Å². The van der Waals surface area contributed by atoms with Crippen molar-refractivity contribution in [1.29, 1.82) is 0 Å². The highest BCUT2D eigenvalue weighted by Gasteiger charge is 2.25. The molecule has 1 fully saturated rings. The normalized spacial score (nSPS) is 15.7. The molecule has 2 aromatic rings. The third kappa shape index (κ3) is 4.90. The summed E-state index contributed by atoms with van der Waals surface area (Å²) in [4.78, 5) is 25.7. The Morgan fingerprint density at radius 3 is 2.62 bits per heavy atom. The maximum atomic E-state index is 12.8. The summed E-state index contributed by atoms with van der Waals surface area (Å²) in [6.07, 6.45) is 0. The summed E-state index contributed by atoms with van der Waals surface area (Å²) in [6, 6.07) is 11.1. The van der Waals surface area contributed by atoms with Gasteiger partial charge in [-0.2, -0.15) is 0 Å². The predicted octanol–water partition coefficient (Wildman–Crippen LogP) is 2.60. The molecule has 0 bridgehead atoms. The van der Waals surface area contributed by atoms with E-state index in [4.69, 9.17) is 10.5 Å². The molecule has 1 heterocycles. The van der Waals surface area contributed by atoms with Crippen molar-refractivity contribution in [3.05, 3.63) is 68.8 Å². The molecule has 0 spiro atoms. The number of ether oxygens (including phenoxy) is 1. The molecular formula is C21H26N4O4. The van der Waals surface area contributed by atoms with Crippen LogP contribution in [0.25, 0.3) is 0 Å². The van der Waals surface area contributed by atoms with Crippen molar-refractivity contribution in [2.75, 3.05) is 38.6 Å². The summed E-state index contributed by atoms with van der Waals surface area (Å²) in [5.74, 6) is -0.416. The standard InChI is InChI=1S/C21H26N4O4/c1-14-4-3-5-16(10-14)19(24-6-8-29-9-7-24)13-23-21(26)17-11-15(2)12-18(20(17)22)25(27)28/h3-5,10-12,19H,6-9,13,22H2,1-2H3,(H,23,26). The minimum Gasteiger partial charge on any atom is -0.393 e. The molecule has 0 aromatic heterocycles. The summed E-state index contributed by atoms with van der Waals surface area (Å²) in [5, 5.41) is 14.1.